The minimum Gasteiger partial charge on any atom is -0.298 e. The number of rotatable bonds is 0. The highest BCUT2D eigenvalue weighted by atomic mass is 127. The van der Waals surface area contributed by atoms with Crippen LogP contribution in [0.5, 0.6) is 0 Å². The lowest BCUT2D eigenvalue weighted by Gasteiger charge is -2.16. The van der Waals surface area contributed by atoms with Crippen LogP contribution in [0.25, 0.3) is 0 Å². The molecule has 2 heterocycles. The van der Waals surface area contributed by atoms with Crippen LogP contribution in [0.2, 0.25) is 0 Å². The van der Waals surface area contributed by atoms with E-state index in [9.17, 15) is 4.79 Å². The summed E-state index contributed by atoms with van der Waals surface area (Å²) in [5.41, 5.74) is 0.919. The smallest absolute Gasteiger partial charge is 0.240 e. The maximum absolute atomic E-state index is 11.8. The SMILES string of the molecule is CN1C(=O)C(I)CCc2nccnc21. The van der Waals surface area contributed by atoms with Gasteiger partial charge in [-0.1, -0.05) is 22.6 Å². The van der Waals surface area contributed by atoms with Crippen molar-refractivity contribution in [2.45, 2.75) is 16.8 Å². The monoisotopic (exact) mass is 303 g/mol. The van der Waals surface area contributed by atoms with Crippen molar-refractivity contribution < 1.29 is 4.79 Å². The summed E-state index contributed by atoms with van der Waals surface area (Å²) in [7, 11) is 1.76. The molecule has 0 bridgehead atoms. The molecule has 1 amide bonds. The Balaban J connectivity index is 2.45. The van der Waals surface area contributed by atoms with Gasteiger partial charge < -0.3 is 0 Å². The maximum atomic E-state index is 11.8. The Morgan fingerprint density at radius 2 is 2.21 bits per heavy atom. The fraction of sp³-hybridized carbons (Fsp3) is 0.444. The topological polar surface area (TPSA) is 46.1 Å². The van der Waals surface area contributed by atoms with Gasteiger partial charge >= 0.3 is 0 Å². The lowest BCUT2D eigenvalue weighted by molar-refractivity contribution is -0.117. The zero-order valence-corrected chi connectivity index (χ0v) is 9.93. The average Bonchev–Trinajstić information content (AvgIpc) is 2.32. The van der Waals surface area contributed by atoms with Crippen molar-refractivity contribution in [2.75, 3.05) is 11.9 Å². The Kier molecular flexibility index (Phi) is 2.66. The first kappa shape index (κ1) is 9.82. The molecule has 1 atom stereocenters. The third-order valence-electron chi connectivity index (χ3n) is 2.30. The van der Waals surface area contributed by atoms with Crippen LogP contribution in [0.4, 0.5) is 5.82 Å². The van der Waals surface area contributed by atoms with E-state index in [0.717, 1.165) is 18.5 Å². The molecule has 0 aliphatic carbocycles. The number of carbonyl (C=O) groups excluding carboxylic acids is 1. The standard InChI is InChI=1S/C9H10IN3O/c1-13-8-7(11-4-5-12-8)3-2-6(10)9(13)14/h4-6H,2-3H2,1H3. The molecule has 0 N–H and O–H groups in total. The zero-order chi connectivity index (χ0) is 10.1. The summed E-state index contributed by atoms with van der Waals surface area (Å²) in [5.74, 6) is 0.821. The number of nitrogens with zero attached hydrogens (tertiary/aromatic N) is 3. The Morgan fingerprint density at radius 3 is 3.00 bits per heavy atom. The molecule has 1 aliphatic rings. The first-order chi connectivity index (χ1) is 6.70. The number of amides is 1. The van der Waals surface area contributed by atoms with E-state index in [0.29, 0.717) is 5.82 Å². The third kappa shape index (κ3) is 1.60. The van der Waals surface area contributed by atoms with Crippen LogP contribution in [0, 0.1) is 0 Å². The van der Waals surface area contributed by atoms with E-state index < -0.39 is 0 Å². The zero-order valence-electron chi connectivity index (χ0n) is 7.77. The van der Waals surface area contributed by atoms with E-state index in [4.69, 9.17) is 0 Å². The van der Waals surface area contributed by atoms with Crippen molar-refractivity contribution in [3.63, 3.8) is 0 Å². The Hall–Kier alpha value is -0.720. The van der Waals surface area contributed by atoms with E-state index in [-0.39, 0.29) is 9.83 Å². The molecule has 1 unspecified atom stereocenters. The Morgan fingerprint density at radius 1 is 1.50 bits per heavy atom. The maximum Gasteiger partial charge on any atom is 0.240 e. The summed E-state index contributed by atoms with van der Waals surface area (Å²) < 4.78 is 0.0357. The minimum atomic E-state index is 0.0357. The van der Waals surface area contributed by atoms with Crippen LogP contribution in [0.1, 0.15) is 12.1 Å². The normalized spacial score (nSPS) is 21.7. The molecule has 5 heteroatoms. The summed E-state index contributed by atoms with van der Waals surface area (Å²) in [6.07, 6.45) is 4.96. The summed E-state index contributed by atoms with van der Waals surface area (Å²) in [6.45, 7) is 0. The van der Waals surface area contributed by atoms with E-state index >= 15 is 0 Å². The highest BCUT2D eigenvalue weighted by Gasteiger charge is 2.27. The van der Waals surface area contributed by atoms with E-state index in [1.807, 2.05) is 0 Å². The molecule has 1 aromatic heterocycles. The average molecular weight is 303 g/mol. The molecular formula is C9H10IN3O. The van der Waals surface area contributed by atoms with Crippen LogP contribution < -0.4 is 4.90 Å². The lowest BCUT2D eigenvalue weighted by Crippen LogP contribution is -2.32. The molecule has 74 valence electrons. The molecule has 1 aromatic rings. The van der Waals surface area contributed by atoms with Gasteiger partial charge in [0, 0.05) is 19.4 Å². The number of hydrogen-bond donors (Lipinski definition) is 0. The number of halogens is 1. The number of alkyl halides is 1. The Bertz CT molecular complexity index is 369. The van der Waals surface area contributed by atoms with Gasteiger partial charge in [-0.3, -0.25) is 14.7 Å². The molecule has 4 nitrogen and oxygen atoms in total. The van der Waals surface area contributed by atoms with Crippen LogP contribution in [-0.2, 0) is 11.2 Å². The van der Waals surface area contributed by atoms with Crippen LogP contribution in [0.15, 0.2) is 12.4 Å². The van der Waals surface area contributed by atoms with Gasteiger partial charge in [-0.2, -0.15) is 0 Å². The fourth-order valence-corrected chi connectivity index (χ4v) is 2.25. The van der Waals surface area contributed by atoms with Crippen molar-refractivity contribution in [1.82, 2.24) is 9.97 Å². The van der Waals surface area contributed by atoms with Crippen molar-refractivity contribution in [1.29, 1.82) is 0 Å². The molecule has 0 fully saturated rings. The highest BCUT2D eigenvalue weighted by molar-refractivity contribution is 14.1. The van der Waals surface area contributed by atoms with Gasteiger partial charge in [-0.15, -0.1) is 0 Å². The molecule has 1 aliphatic heterocycles. The first-order valence-corrected chi connectivity index (χ1v) is 5.66. The quantitative estimate of drug-likeness (QED) is 0.534. The molecule has 0 saturated heterocycles. The molecule has 14 heavy (non-hydrogen) atoms. The summed E-state index contributed by atoms with van der Waals surface area (Å²) in [5, 5.41) is 0. The van der Waals surface area contributed by atoms with Crippen molar-refractivity contribution in [2.24, 2.45) is 0 Å². The van der Waals surface area contributed by atoms with Gasteiger partial charge in [-0.05, 0) is 12.8 Å². The van der Waals surface area contributed by atoms with Gasteiger partial charge in [0.15, 0.2) is 5.82 Å². The van der Waals surface area contributed by atoms with Gasteiger partial charge in [0.1, 0.15) is 0 Å². The van der Waals surface area contributed by atoms with Gasteiger partial charge in [0.2, 0.25) is 5.91 Å². The molecule has 0 aromatic carbocycles. The second kappa shape index (κ2) is 3.80. The number of hydrogen-bond acceptors (Lipinski definition) is 3. The number of carbonyl (C=O) groups is 1. The largest absolute Gasteiger partial charge is 0.298 e. The van der Waals surface area contributed by atoms with Gasteiger partial charge in [0.05, 0.1) is 9.62 Å². The van der Waals surface area contributed by atoms with Gasteiger partial charge in [-0.25, -0.2) is 4.98 Å². The molecule has 0 saturated carbocycles. The van der Waals surface area contributed by atoms with Crippen molar-refractivity contribution in [3.05, 3.63) is 18.1 Å². The van der Waals surface area contributed by atoms with Crippen LogP contribution in [0.3, 0.4) is 0 Å². The predicted molar refractivity (Wildman–Crippen MR) is 61.6 cm³/mol. The number of fused-ring (bicyclic) bond motifs is 1. The predicted octanol–water partition coefficient (Wildman–Crippen LogP) is 1.19. The second-order valence-electron chi connectivity index (χ2n) is 3.23. The summed E-state index contributed by atoms with van der Waals surface area (Å²) in [6, 6.07) is 0. The third-order valence-corrected chi connectivity index (χ3v) is 3.46. The van der Waals surface area contributed by atoms with Crippen LogP contribution >= 0.6 is 22.6 Å². The fourth-order valence-electron chi connectivity index (χ4n) is 1.52. The highest BCUT2D eigenvalue weighted by Crippen LogP contribution is 2.24. The molecular weight excluding hydrogens is 293 g/mol. The second-order valence-corrected chi connectivity index (χ2v) is 4.73. The number of aromatic nitrogens is 2. The summed E-state index contributed by atoms with van der Waals surface area (Å²) >= 11 is 2.17. The molecule has 0 radical (unpaired) electrons. The number of anilines is 1. The lowest BCUT2D eigenvalue weighted by atomic mass is 10.2. The van der Waals surface area contributed by atoms with Crippen LogP contribution in [-0.4, -0.2) is 26.8 Å². The molecule has 2 rings (SSSR count). The van der Waals surface area contributed by atoms with E-state index in [2.05, 4.69) is 32.6 Å². The first-order valence-electron chi connectivity index (χ1n) is 4.41. The van der Waals surface area contributed by atoms with Crippen molar-refractivity contribution >= 4 is 34.3 Å². The Labute approximate surface area is 95.9 Å². The number of aryl methyl sites for hydroxylation is 1. The van der Waals surface area contributed by atoms with E-state index in [1.54, 1.807) is 24.3 Å². The molecule has 0 spiro atoms. The minimum absolute atomic E-state index is 0.0357. The van der Waals surface area contributed by atoms with Crippen molar-refractivity contribution in [3.8, 4) is 0 Å². The van der Waals surface area contributed by atoms with E-state index in [1.165, 1.54) is 0 Å². The van der Waals surface area contributed by atoms with Gasteiger partial charge in [0.25, 0.3) is 0 Å². The summed E-state index contributed by atoms with van der Waals surface area (Å²) in [4.78, 5) is 21.8.